The maximum Gasteiger partial charge on any atom is 0.0950 e. The molecule has 4 heteroatoms. The van der Waals surface area contributed by atoms with Crippen LogP contribution in [-0.4, -0.2) is 29.0 Å². The summed E-state index contributed by atoms with van der Waals surface area (Å²) in [5.41, 5.74) is 1.95. The lowest BCUT2D eigenvalue weighted by atomic mass is 10.0. The number of nitrogens with one attached hydrogen (secondary N) is 1. The van der Waals surface area contributed by atoms with Crippen molar-refractivity contribution in [2.24, 2.45) is 0 Å². The summed E-state index contributed by atoms with van der Waals surface area (Å²) in [6.07, 6.45) is 2.80. The summed E-state index contributed by atoms with van der Waals surface area (Å²) >= 11 is 0. The number of ether oxygens (including phenoxy) is 1. The molecule has 88 valence electrons. The third-order valence-corrected chi connectivity index (χ3v) is 3.20. The fourth-order valence-electron chi connectivity index (χ4n) is 2.20. The number of nitrogens with zero attached hydrogens (tertiary/aromatic N) is 2. The van der Waals surface area contributed by atoms with Crippen LogP contribution < -0.4 is 5.32 Å². The molecule has 1 saturated heterocycles. The number of benzene rings is 1. The predicted molar refractivity (Wildman–Crippen MR) is 67.0 cm³/mol. The van der Waals surface area contributed by atoms with Crippen LogP contribution in [0.4, 0.5) is 5.69 Å². The fraction of sp³-hybridized carbons (Fsp3) is 0.385. The van der Waals surface area contributed by atoms with Gasteiger partial charge in [0.2, 0.25) is 0 Å². The maximum atomic E-state index is 5.45. The van der Waals surface area contributed by atoms with Gasteiger partial charge in [0.05, 0.1) is 29.5 Å². The van der Waals surface area contributed by atoms with Crippen LogP contribution >= 0.6 is 0 Å². The average molecular weight is 229 g/mol. The molecule has 2 heterocycles. The van der Waals surface area contributed by atoms with Crippen molar-refractivity contribution in [3.8, 4) is 0 Å². The van der Waals surface area contributed by atoms with Crippen molar-refractivity contribution in [3.63, 3.8) is 0 Å². The second-order valence-electron chi connectivity index (χ2n) is 4.76. The Balaban J connectivity index is 2.00. The SMILES string of the molecule is CC1(Nc2cnnc3ccccc23)CCOC1. The van der Waals surface area contributed by atoms with Gasteiger partial charge < -0.3 is 10.1 Å². The van der Waals surface area contributed by atoms with Crippen molar-refractivity contribution in [2.45, 2.75) is 18.9 Å². The van der Waals surface area contributed by atoms with Gasteiger partial charge in [0.1, 0.15) is 0 Å². The zero-order chi connectivity index (χ0) is 11.7. The van der Waals surface area contributed by atoms with Crippen LogP contribution in [-0.2, 0) is 4.74 Å². The molecule has 4 nitrogen and oxygen atoms in total. The van der Waals surface area contributed by atoms with E-state index in [0.29, 0.717) is 0 Å². The highest BCUT2D eigenvalue weighted by atomic mass is 16.5. The van der Waals surface area contributed by atoms with Crippen LogP contribution in [0.1, 0.15) is 13.3 Å². The van der Waals surface area contributed by atoms with Gasteiger partial charge in [-0.15, -0.1) is 0 Å². The Morgan fingerprint density at radius 3 is 3.06 bits per heavy atom. The van der Waals surface area contributed by atoms with Crippen LogP contribution in [0.3, 0.4) is 0 Å². The van der Waals surface area contributed by atoms with E-state index in [0.717, 1.165) is 36.2 Å². The maximum absolute atomic E-state index is 5.45. The Labute approximate surface area is 100 Å². The highest BCUT2D eigenvalue weighted by Gasteiger charge is 2.29. The summed E-state index contributed by atoms with van der Waals surface area (Å²) in [6.45, 7) is 3.73. The minimum atomic E-state index is 0.00576. The van der Waals surface area contributed by atoms with E-state index in [9.17, 15) is 0 Å². The Morgan fingerprint density at radius 1 is 1.35 bits per heavy atom. The Bertz CT molecular complexity index is 530. The number of hydrogen-bond acceptors (Lipinski definition) is 4. The molecule has 0 aliphatic carbocycles. The average Bonchev–Trinajstić information content (AvgIpc) is 2.76. The van der Waals surface area contributed by atoms with Crippen LogP contribution in [0.2, 0.25) is 0 Å². The third kappa shape index (κ3) is 1.96. The molecule has 1 fully saturated rings. The first-order valence-electron chi connectivity index (χ1n) is 5.83. The van der Waals surface area contributed by atoms with Crippen LogP contribution in [0.15, 0.2) is 30.5 Å². The van der Waals surface area contributed by atoms with E-state index in [1.165, 1.54) is 0 Å². The number of hydrogen-bond donors (Lipinski definition) is 1. The van der Waals surface area contributed by atoms with Crippen LogP contribution in [0, 0.1) is 0 Å². The second-order valence-corrected chi connectivity index (χ2v) is 4.76. The van der Waals surface area contributed by atoms with Crippen LogP contribution in [0.25, 0.3) is 10.9 Å². The third-order valence-electron chi connectivity index (χ3n) is 3.20. The van der Waals surface area contributed by atoms with Gasteiger partial charge in [-0.05, 0) is 19.4 Å². The molecule has 17 heavy (non-hydrogen) atoms. The summed E-state index contributed by atoms with van der Waals surface area (Å²) in [5.74, 6) is 0. The van der Waals surface area contributed by atoms with E-state index in [-0.39, 0.29) is 5.54 Å². The first-order valence-corrected chi connectivity index (χ1v) is 5.83. The number of rotatable bonds is 2. The zero-order valence-corrected chi connectivity index (χ0v) is 9.81. The molecule has 0 spiro atoms. The van der Waals surface area contributed by atoms with Gasteiger partial charge >= 0.3 is 0 Å². The van der Waals surface area contributed by atoms with E-state index in [1.807, 2.05) is 18.2 Å². The molecule has 1 aromatic heterocycles. The smallest absolute Gasteiger partial charge is 0.0950 e. The molecule has 2 aromatic rings. The molecular formula is C13H15N3O. The summed E-state index contributed by atoms with van der Waals surface area (Å²) in [4.78, 5) is 0. The summed E-state index contributed by atoms with van der Waals surface area (Å²) in [5, 5.41) is 12.8. The predicted octanol–water partition coefficient (Wildman–Crippen LogP) is 2.22. The quantitative estimate of drug-likeness (QED) is 0.857. The molecule has 1 aliphatic rings. The monoisotopic (exact) mass is 229 g/mol. The van der Waals surface area contributed by atoms with E-state index in [1.54, 1.807) is 6.20 Å². The van der Waals surface area contributed by atoms with Crippen molar-refractivity contribution in [1.82, 2.24) is 10.2 Å². The lowest BCUT2D eigenvalue weighted by Gasteiger charge is -2.25. The van der Waals surface area contributed by atoms with Crippen molar-refractivity contribution in [1.29, 1.82) is 0 Å². The van der Waals surface area contributed by atoms with E-state index in [4.69, 9.17) is 4.74 Å². The highest BCUT2D eigenvalue weighted by Crippen LogP contribution is 2.27. The Hall–Kier alpha value is -1.68. The Kier molecular flexibility index (Phi) is 2.44. The molecule has 1 unspecified atom stereocenters. The van der Waals surface area contributed by atoms with Crippen molar-refractivity contribution in [3.05, 3.63) is 30.5 Å². The number of aromatic nitrogens is 2. The number of fused-ring (bicyclic) bond motifs is 1. The van der Waals surface area contributed by atoms with E-state index in [2.05, 4.69) is 28.5 Å². The molecule has 3 rings (SSSR count). The van der Waals surface area contributed by atoms with E-state index < -0.39 is 0 Å². The lowest BCUT2D eigenvalue weighted by molar-refractivity contribution is 0.185. The summed E-state index contributed by atoms with van der Waals surface area (Å²) < 4.78 is 5.45. The lowest BCUT2D eigenvalue weighted by Crippen LogP contribution is -2.35. The minimum Gasteiger partial charge on any atom is -0.379 e. The normalized spacial score (nSPS) is 24.1. The molecule has 0 bridgehead atoms. The Morgan fingerprint density at radius 2 is 2.24 bits per heavy atom. The van der Waals surface area contributed by atoms with Gasteiger partial charge in [-0.25, -0.2) is 0 Å². The second kappa shape index (κ2) is 3.96. The summed E-state index contributed by atoms with van der Waals surface area (Å²) in [6, 6.07) is 8.02. The zero-order valence-electron chi connectivity index (χ0n) is 9.81. The molecule has 1 aliphatic heterocycles. The minimum absolute atomic E-state index is 0.00576. The van der Waals surface area contributed by atoms with Gasteiger partial charge in [-0.2, -0.15) is 10.2 Å². The highest BCUT2D eigenvalue weighted by molar-refractivity contribution is 5.90. The van der Waals surface area contributed by atoms with Gasteiger partial charge in [0.15, 0.2) is 0 Å². The van der Waals surface area contributed by atoms with E-state index >= 15 is 0 Å². The first kappa shape index (κ1) is 10.5. The molecular weight excluding hydrogens is 214 g/mol. The molecule has 1 N–H and O–H groups in total. The fourth-order valence-corrected chi connectivity index (χ4v) is 2.20. The van der Waals surface area contributed by atoms with Gasteiger partial charge in [-0.3, -0.25) is 0 Å². The molecule has 1 atom stereocenters. The molecule has 0 saturated carbocycles. The van der Waals surface area contributed by atoms with Gasteiger partial charge in [0, 0.05) is 12.0 Å². The first-order chi connectivity index (χ1) is 8.27. The van der Waals surface area contributed by atoms with Gasteiger partial charge in [0.25, 0.3) is 0 Å². The standard InChI is InChI=1S/C13H15N3O/c1-13(6-7-17-9-13)15-12-8-14-16-11-5-3-2-4-10(11)12/h2-5,8H,6-7,9H2,1H3,(H,15,16). The summed E-state index contributed by atoms with van der Waals surface area (Å²) in [7, 11) is 0. The molecule has 0 amide bonds. The van der Waals surface area contributed by atoms with Crippen molar-refractivity contribution < 1.29 is 4.74 Å². The van der Waals surface area contributed by atoms with Crippen LogP contribution in [0.5, 0.6) is 0 Å². The molecule has 0 radical (unpaired) electrons. The number of anilines is 1. The van der Waals surface area contributed by atoms with Gasteiger partial charge in [-0.1, -0.05) is 18.2 Å². The molecule has 1 aromatic carbocycles. The topological polar surface area (TPSA) is 47.0 Å². The largest absolute Gasteiger partial charge is 0.379 e. The van der Waals surface area contributed by atoms with Crippen molar-refractivity contribution in [2.75, 3.05) is 18.5 Å². The van der Waals surface area contributed by atoms with Crippen molar-refractivity contribution >= 4 is 16.6 Å².